The minimum atomic E-state index is -0.329. The summed E-state index contributed by atoms with van der Waals surface area (Å²) in [5.41, 5.74) is 1.26. The summed E-state index contributed by atoms with van der Waals surface area (Å²) in [4.78, 5) is 20.6. The fourth-order valence-corrected chi connectivity index (χ4v) is 2.16. The van der Waals surface area contributed by atoms with Crippen LogP contribution in [-0.2, 0) is 6.61 Å². The highest BCUT2D eigenvalue weighted by molar-refractivity contribution is 6.02. The number of nitrogens with one attached hydrogen (secondary N) is 1. The minimum Gasteiger partial charge on any atom is -0.485 e. The molecule has 25 heavy (non-hydrogen) atoms. The third kappa shape index (κ3) is 4.20. The van der Waals surface area contributed by atoms with Crippen LogP contribution in [0.1, 0.15) is 35.9 Å². The summed E-state index contributed by atoms with van der Waals surface area (Å²) in [6.45, 7) is 4.33. The first-order valence-corrected chi connectivity index (χ1v) is 7.96. The fourth-order valence-electron chi connectivity index (χ4n) is 2.16. The standard InChI is InChI=1S/C18H19N5O2/c1-13(2)23-10-7-15(22-23)18(24)21-17-16(6-4-9-20-17)25-12-14-5-3-8-19-11-14/h3-11,13H,12H2,1-2H3,(H,20,21,24). The van der Waals surface area contributed by atoms with Crippen molar-refractivity contribution in [1.29, 1.82) is 0 Å². The first kappa shape index (κ1) is 16.6. The monoisotopic (exact) mass is 337 g/mol. The van der Waals surface area contributed by atoms with Crippen LogP contribution in [0, 0.1) is 0 Å². The molecule has 0 bridgehead atoms. The number of aromatic nitrogens is 4. The maximum atomic E-state index is 12.4. The Bertz CT molecular complexity index is 845. The smallest absolute Gasteiger partial charge is 0.277 e. The maximum Gasteiger partial charge on any atom is 0.277 e. The molecule has 128 valence electrons. The van der Waals surface area contributed by atoms with Crippen LogP contribution in [0.3, 0.4) is 0 Å². The normalized spacial score (nSPS) is 10.7. The highest BCUT2D eigenvalue weighted by atomic mass is 16.5. The van der Waals surface area contributed by atoms with E-state index in [0.717, 1.165) is 5.56 Å². The van der Waals surface area contributed by atoms with Crippen molar-refractivity contribution < 1.29 is 9.53 Å². The molecule has 3 aromatic rings. The number of carbonyl (C=O) groups is 1. The largest absolute Gasteiger partial charge is 0.485 e. The zero-order valence-corrected chi connectivity index (χ0v) is 14.1. The van der Waals surface area contributed by atoms with Gasteiger partial charge >= 0.3 is 0 Å². The van der Waals surface area contributed by atoms with Gasteiger partial charge in [-0.25, -0.2) is 4.98 Å². The molecule has 0 aliphatic rings. The van der Waals surface area contributed by atoms with Crippen LogP contribution < -0.4 is 10.1 Å². The van der Waals surface area contributed by atoms with E-state index in [1.165, 1.54) is 0 Å². The van der Waals surface area contributed by atoms with E-state index < -0.39 is 0 Å². The topological polar surface area (TPSA) is 81.9 Å². The SMILES string of the molecule is CC(C)n1ccc(C(=O)Nc2ncccc2OCc2cccnc2)n1. The highest BCUT2D eigenvalue weighted by Gasteiger charge is 2.14. The van der Waals surface area contributed by atoms with E-state index in [9.17, 15) is 4.79 Å². The van der Waals surface area contributed by atoms with Gasteiger partial charge < -0.3 is 10.1 Å². The molecule has 0 fully saturated rings. The molecule has 3 aromatic heterocycles. The van der Waals surface area contributed by atoms with Gasteiger partial charge in [-0.2, -0.15) is 5.10 Å². The van der Waals surface area contributed by atoms with Crippen molar-refractivity contribution in [2.75, 3.05) is 5.32 Å². The van der Waals surface area contributed by atoms with Gasteiger partial charge in [0, 0.05) is 36.4 Å². The predicted octanol–water partition coefficient (Wildman–Crippen LogP) is 3.09. The predicted molar refractivity (Wildman–Crippen MR) is 93.4 cm³/mol. The average Bonchev–Trinajstić information content (AvgIpc) is 3.12. The molecule has 0 radical (unpaired) electrons. The lowest BCUT2D eigenvalue weighted by molar-refractivity contribution is 0.102. The maximum absolute atomic E-state index is 12.4. The van der Waals surface area contributed by atoms with Crippen molar-refractivity contribution in [1.82, 2.24) is 19.7 Å². The van der Waals surface area contributed by atoms with E-state index in [1.807, 2.05) is 26.0 Å². The lowest BCUT2D eigenvalue weighted by Gasteiger charge is -2.11. The summed E-state index contributed by atoms with van der Waals surface area (Å²) in [5.74, 6) is 0.516. The Morgan fingerprint density at radius 3 is 2.80 bits per heavy atom. The van der Waals surface area contributed by atoms with Gasteiger partial charge in [0.15, 0.2) is 17.3 Å². The molecule has 0 atom stereocenters. The molecule has 7 nitrogen and oxygen atoms in total. The van der Waals surface area contributed by atoms with E-state index >= 15 is 0 Å². The third-order valence-corrected chi connectivity index (χ3v) is 3.49. The molecule has 0 unspecified atom stereocenters. The molecule has 0 aliphatic carbocycles. The van der Waals surface area contributed by atoms with Gasteiger partial charge in [0.25, 0.3) is 5.91 Å². The number of pyridine rings is 2. The van der Waals surface area contributed by atoms with Gasteiger partial charge in [0.1, 0.15) is 6.61 Å². The zero-order valence-electron chi connectivity index (χ0n) is 14.1. The second-order valence-corrected chi connectivity index (χ2v) is 5.73. The van der Waals surface area contributed by atoms with Crippen LogP contribution >= 0.6 is 0 Å². The molecule has 0 spiro atoms. The van der Waals surface area contributed by atoms with E-state index in [-0.39, 0.29) is 11.9 Å². The number of hydrogen-bond donors (Lipinski definition) is 1. The first-order chi connectivity index (χ1) is 12.1. The summed E-state index contributed by atoms with van der Waals surface area (Å²) in [6.07, 6.45) is 6.81. The lowest BCUT2D eigenvalue weighted by Crippen LogP contribution is -2.15. The molecule has 0 saturated carbocycles. The molecular weight excluding hydrogens is 318 g/mol. The summed E-state index contributed by atoms with van der Waals surface area (Å²) in [6, 6.07) is 9.13. The molecule has 3 heterocycles. The first-order valence-electron chi connectivity index (χ1n) is 7.96. The van der Waals surface area contributed by atoms with Crippen LogP contribution in [0.4, 0.5) is 5.82 Å². The zero-order chi connectivity index (χ0) is 17.6. The van der Waals surface area contributed by atoms with Gasteiger partial charge in [-0.05, 0) is 38.1 Å². The van der Waals surface area contributed by atoms with Gasteiger partial charge in [-0.3, -0.25) is 14.5 Å². The van der Waals surface area contributed by atoms with Crippen molar-refractivity contribution in [3.8, 4) is 5.75 Å². The number of rotatable bonds is 6. The summed E-state index contributed by atoms with van der Waals surface area (Å²) in [5, 5.41) is 7.01. The van der Waals surface area contributed by atoms with Crippen molar-refractivity contribution >= 4 is 11.7 Å². The Balaban J connectivity index is 1.70. The molecule has 1 amide bonds. The van der Waals surface area contributed by atoms with Gasteiger partial charge in [-0.1, -0.05) is 6.07 Å². The van der Waals surface area contributed by atoms with Crippen molar-refractivity contribution in [3.05, 3.63) is 66.4 Å². The quantitative estimate of drug-likeness (QED) is 0.747. The van der Waals surface area contributed by atoms with Crippen molar-refractivity contribution in [3.63, 3.8) is 0 Å². The van der Waals surface area contributed by atoms with Crippen LogP contribution in [-0.4, -0.2) is 25.7 Å². The van der Waals surface area contributed by atoms with Crippen LogP contribution in [0.2, 0.25) is 0 Å². The van der Waals surface area contributed by atoms with E-state index in [2.05, 4.69) is 20.4 Å². The molecule has 0 aliphatic heterocycles. The lowest BCUT2D eigenvalue weighted by atomic mass is 10.3. The number of anilines is 1. The number of amides is 1. The van der Waals surface area contributed by atoms with Gasteiger partial charge in [0.2, 0.25) is 0 Å². The minimum absolute atomic E-state index is 0.190. The number of nitrogens with zero attached hydrogens (tertiary/aromatic N) is 4. The number of hydrogen-bond acceptors (Lipinski definition) is 5. The second-order valence-electron chi connectivity index (χ2n) is 5.73. The van der Waals surface area contributed by atoms with E-state index in [4.69, 9.17) is 4.74 Å². The third-order valence-electron chi connectivity index (χ3n) is 3.49. The Hall–Kier alpha value is -3.22. The van der Waals surface area contributed by atoms with Gasteiger partial charge in [-0.15, -0.1) is 0 Å². The summed E-state index contributed by atoms with van der Waals surface area (Å²) >= 11 is 0. The molecule has 1 N–H and O–H groups in total. The summed E-state index contributed by atoms with van der Waals surface area (Å²) < 4.78 is 7.49. The highest BCUT2D eigenvalue weighted by Crippen LogP contribution is 2.22. The Labute approximate surface area is 145 Å². The van der Waals surface area contributed by atoms with Crippen LogP contribution in [0.25, 0.3) is 0 Å². The molecular formula is C18H19N5O2. The van der Waals surface area contributed by atoms with Crippen molar-refractivity contribution in [2.24, 2.45) is 0 Å². The number of ether oxygens (including phenoxy) is 1. The molecule has 0 aromatic carbocycles. The molecule has 7 heteroatoms. The van der Waals surface area contributed by atoms with Crippen LogP contribution in [0.5, 0.6) is 5.75 Å². The Morgan fingerprint density at radius 2 is 2.08 bits per heavy atom. The molecule has 3 rings (SSSR count). The van der Waals surface area contributed by atoms with Gasteiger partial charge in [0.05, 0.1) is 0 Å². The van der Waals surface area contributed by atoms with E-state index in [1.54, 1.807) is 47.7 Å². The second kappa shape index (κ2) is 7.57. The van der Waals surface area contributed by atoms with E-state index in [0.29, 0.717) is 23.9 Å². The number of carbonyl (C=O) groups excluding carboxylic acids is 1. The van der Waals surface area contributed by atoms with Crippen LogP contribution in [0.15, 0.2) is 55.1 Å². The van der Waals surface area contributed by atoms with Crippen molar-refractivity contribution in [2.45, 2.75) is 26.5 Å². The Morgan fingerprint density at radius 1 is 1.24 bits per heavy atom. The Kier molecular flexibility index (Phi) is 5.03. The summed E-state index contributed by atoms with van der Waals surface area (Å²) in [7, 11) is 0. The fraction of sp³-hybridized carbons (Fsp3) is 0.222. The average molecular weight is 337 g/mol. The molecule has 0 saturated heterocycles.